The average Bonchev–Trinajstić information content (AvgIpc) is 2.27. The molecule has 1 unspecified atom stereocenters. The van der Waals surface area contributed by atoms with Crippen LogP contribution in [0.15, 0.2) is 36.2 Å². The van der Waals surface area contributed by atoms with Crippen molar-refractivity contribution >= 4 is 5.57 Å². The van der Waals surface area contributed by atoms with E-state index in [1.54, 1.807) is 0 Å². The summed E-state index contributed by atoms with van der Waals surface area (Å²) in [6.45, 7) is 6.31. The maximum absolute atomic E-state index is 13.4. The van der Waals surface area contributed by atoms with Gasteiger partial charge in [0.15, 0.2) is 0 Å². The quantitative estimate of drug-likeness (QED) is 0.683. The highest BCUT2D eigenvalue weighted by molar-refractivity contribution is 5.70. The Labute approximate surface area is 107 Å². The minimum Gasteiger partial charge on any atom is -0.242 e. The molecule has 1 aromatic rings. The van der Waals surface area contributed by atoms with Crippen LogP contribution in [-0.4, -0.2) is 6.17 Å². The monoisotopic (exact) mass is 248 g/mol. The van der Waals surface area contributed by atoms with Crippen molar-refractivity contribution in [2.75, 3.05) is 0 Å². The summed E-state index contributed by atoms with van der Waals surface area (Å²) < 4.78 is 26.6. The minimum absolute atomic E-state index is 0.258. The molecule has 0 amide bonds. The molecule has 1 aliphatic carbocycles. The molecule has 1 atom stereocenters. The van der Waals surface area contributed by atoms with Crippen LogP contribution in [0.2, 0.25) is 0 Å². The molecule has 0 saturated heterocycles. The molecule has 0 bridgehead atoms. The summed E-state index contributed by atoms with van der Waals surface area (Å²) in [5.41, 5.74) is 4.12. The summed E-state index contributed by atoms with van der Waals surface area (Å²) in [4.78, 5) is 0. The Morgan fingerprint density at radius 1 is 1.28 bits per heavy atom. The van der Waals surface area contributed by atoms with E-state index in [-0.39, 0.29) is 6.42 Å². The van der Waals surface area contributed by atoms with E-state index in [1.165, 1.54) is 17.2 Å². The van der Waals surface area contributed by atoms with Gasteiger partial charge in [0.25, 0.3) is 0 Å². The van der Waals surface area contributed by atoms with E-state index >= 15 is 0 Å². The number of rotatable bonds is 2. The van der Waals surface area contributed by atoms with Crippen LogP contribution < -0.4 is 0 Å². The molecule has 0 heterocycles. The van der Waals surface area contributed by atoms with E-state index in [9.17, 15) is 8.78 Å². The van der Waals surface area contributed by atoms with Crippen molar-refractivity contribution in [2.24, 2.45) is 0 Å². The van der Waals surface area contributed by atoms with Crippen molar-refractivity contribution in [3.8, 4) is 0 Å². The van der Waals surface area contributed by atoms with Gasteiger partial charge in [-0.2, -0.15) is 0 Å². The molecular weight excluding hydrogens is 230 g/mol. The number of benzene rings is 1. The summed E-state index contributed by atoms with van der Waals surface area (Å²) in [6.07, 6.45) is 1.51. The first kappa shape index (κ1) is 13.0. The maximum Gasteiger partial charge on any atom is 0.125 e. The van der Waals surface area contributed by atoms with Crippen molar-refractivity contribution in [1.29, 1.82) is 0 Å². The largest absolute Gasteiger partial charge is 0.242 e. The Morgan fingerprint density at radius 2 is 2.00 bits per heavy atom. The first-order valence-electron chi connectivity index (χ1n) is 6.30. The van der Waals surface area contributed by atoms with Crippen LogP contribution in [0, 0.1) is 6.92 Å². The van der Waals surface area contributed by atoms with Crippen molar-refractivity contribution in [3.05, 3.63) is 52.9 Å². The normalized spacial score (nSPS) is 19.8. The van der Waals surface area contributed by atoms with Crippen molar-refractivity contribution in [2.45, 2.75) is 39.3 Å². The van der Waals surface area contributed by atoms with Crippen molar-refractivity contribution in [3.63, 3.8) is 0 Å². The zero-order valence-electron chi connectivity index (χ0n) is 11.0. The van der Waals surface area contributed by atoms with Crippen LogP contribution in [0.25, 0.3) is 5.57 Å². The molecule has 1 aliphatic rings. The second-order valence-corrected chi connectivity index (χ2v) is 5.17. The van der Waals surface area contributed by atoms with Crippen LogP contribution in [0.5, 0.6) is 0 Å². The van der Waals surface area contributed by atoms with Crippen LogP contribution >= 0.6 is 0 Å². The van der Waals surface area contributed by atoms with Gasteiger partial charge in [0.1, 0.15) is 12.0 Å². The number of allylic oxidation sites excluding steroid dienone is 4. The van der Waals surface area contributed by atoms with Crippen LogP contribution in [-0.2, 0) is 0 Å². The predicted octanol–water partition coefficient (Wildman–Crippen LogP) is 5.10. The highest BCUT2D eigenvalue weighted by Gasteiger charge is 2.16. The predicted molar refractivity (Wildman–Crippen MR) is 71.9 cm³/mol. The number of hydrogen-bond donors (Lipinski definition) is 0. The van der Waals surface area contributed by atoms with Gasteiger partial charge in [-0.1, -0.05) is 32.0 Å². The third kappa shape index (κ3) is 2.69. The molecule has 0 N–H and O–H groups in total. The first-order valence-corrected chi connectivity index (χ1v) is 6.30. The van der Waals surface area contributed by atoms with Crippen LogP contribution in [0.1, 0.15) is 42.9 Å². The third-order valence-corrected chi connectivity index (χ3v) is 3.34. The summed E-state index contributed by atoms with van der Waals surface area (Å²) in [6, 6.07) is 6.02. The molecule has 1 aromatic carbocycles. The molecule has 0 radical (unpaired) electrons. The molecule has 18 heavy (non-hydrogen) atoms. The molecular formula is C16H18F2. The Balaban J connectivity index is 2.41. The third-order valence-electron chi connectivity index (χ3n) is 3.34. The van der Waals surface area contributed by atoms with E-state index in [0.29, 0.717) is 5.92 Å². The lowest BCUT2D eigenvalue weighted by Crippen LogP contribution is -2.04. The maximum atomic E-state index is 13.4. The van der Waals surface area contributed by atoms with Crippen LogP contribution in [0.3, 0.4) is 0 Å². The SMILES string of the molecule is Cc1ccc(C2=CC(F)=CC(F)C2)cc1C(C)C. The smallest absolute Gasteiger partial charge is 0.125 e. The molecule has 0 spiro atoms. The minimum atomic E-state index is -1.21. The first-order chi connectivity index (χ1) is 8.47. The highest BCUT2D eigenvalue weighted by Crippen LogP contribution is 2.31. The van der Waals surface area contributed by atoms with Gasteiger partial charge in [-0.3, -0.25) is 0 Å². The standard InChI is InChI=1S/C16H18F2/c1-10(2)16-8-12(5-4-11(16)3)13-6-14(17)9-15(18)7-13/h4-6,8-10,15H,7H2,1-3H3. The zero-order valence-corrected chi connectivity index (χ0v) is 11.0. The zero-order chi connectivity index (χ0) is 13.3. The average molecular weight is 248 g/mol. The van der Waals surface area contributed by atoms with Gasteiger partial charge in [0.05, 0.1) is 0 Å². The van der Waals surface area contributed by atoms with Crippen molar-refractivity contribution < 1.29 is 8.78 Å². The number of aryl methyl sites for hydroxylation is 1. The van der Waals surface area contributed by atoms with Gasteiger partial charge < -0.3 is 0 Å². The summed E-state index contributed by atoms with van der Waals surface area (Å²) in [5, 5.41) is 0. The fourth-order valence-electron chi connectivity index (χ4n) is 2.38. The number of alkyl halides is 1. The lowest BCUT2D eigenvalue weighted by molar-refractivity contribution is 0.397. The van der Waals surface area contributed by atoms with Gasteiger partial charge in [-0.15, -0.1) is 0 Å². The second-order valence-electron chi connectivity index (χ2n) is 5.17. The van der Waals surface area contributed by atoms with Crippen molar-refractivity contribution in [1.82, 2.24) is 0 Å². The Kier molecular flexibility index (Phi) is 3.65. The Morgan fingerprint density at radius 3 is 2.61 bits per heavy atom. The summed E-state index contributed by atoms with van der Waals surface area (Å²) >= 11 is 0. The second kappa shape index (κ2) is 5.05. The topological polar surface area (TPSA) is 0 Å². The van der Waals surface area contributed by atoms with E-state index in [2.05, 4.69) is 26.8 Å². The molecule has 96 valence electrons. The van der Waals surface area contributed by atoms with Gasteiger partial charge in [0.2, 0.25) is 0 Å². The number of hydrogen-bond acceptors (Lipinski definition) is 0. The molecule has 2 heteroatoms. The Bertz CT molecular complexity index is 510. The fourth-order valence-corrected chi connectivity index (χ4v) is 2.38. The lowest BCUT2D eigenvalue weighted by atomic mass is 9.90. The molecule has 0 fully saturated rings. The highest BCUT2D eigenvalue weighted by atomic mass is 19.1. The van der Waals surface area contributed by atoms with Gasteiger partial charge in [0, 0.05) is 6.42 Å². The molecule has 0 aliphatic heterocycles. The molecule has 2 rings (SSSR count). The lowest BCUT2D eigenvalue weighted by Gasteiger charge is -2.17. The van der Waals surface area contributed by atoms with E-state index < -0.39 is 12.0 Å². The van der Waals surface area contributed by atoms with E-state index in [0.717, 1.165) is 17.2 Å². The van der Waals surface area contributed by atoms with Gasteiger partial charge in [-0.25, -0.2) is 8.78 Å². The molecule has 0 saturated carbocycles. The van der Waals surface area contributed by atoms with E-state index in [4.69, 9.17) is 0 Å². The van der Waals surface area contributed by atoms with Gasteiger partial charge in [-0.05, 0) is 47.3 Å². The Hall–Kier alpha value is -1.44. The summed E-state index contributed by atoms with van der Waals surface area (Å²) in [7, 11) is 0. The van der Waals surface area contributed by atoms with E-state index in [1.807, 2.05) is 12.1 Å². The van der Waals surface area contributed by atoms with Gasteiger partial charge >= 0.3 is 0 Å². The van der Waals surface area contributed by atoms with Crippen LogP contribution in [0.4, 0.5) is 8.78 Å². The molecule has 0 aromatic heterocycles. The fraction of sp³-hybridized carbons (Fsp3) is 0.375. The number of halogens is 2. The summed E-state index contributed by atoms with van der Waals surface area (Å²) in [5.74, 6) is -0.0638. The molecule has 0 nitrogen and oxygen atoms in total.